The van der Waals surface area contributed by atoms with Crippen molar-refractivity contribution < 1.29 is 9.90 Å². The van der Waals surface area contributed by atoms with Gasteiger partial charge in [-0.2, -0.15) is 0 Å². The Labute approximate surface area is 78.9 Å². The van der Waals surface area contributed by atoms with E-state index in [2.05, 4.69) is 5.32 Å². The number of amides is 1. The summed E-state index contributed by atoms with van der Waals surface area (Å²) in [5.74, 6) is 0.105. The second kappa shape index (κ2) is 5.19. The standard InChI is InChI=1S/C9H18N2O2/c1-11(6-7-12)9(13)8-4-2-3-5-10-8/h8,10,12H,2-7H2,1H3/t8-/m1/s1. The molecule has 1 rings (SSSR count). The highest BCUT2D eigenvalue weighted by atomic mass is 16.3. The van der Waals surface area contributed by atoms with Crippen molar-refractivity contribution in [2.75, 3.05) is 26.7 Å². The fraction of sp³-hybridized carbons (Fsp3) is 0.889. The van der Waals surface area contributed by atoms with Crippen LogP contribution < -0.4 is 5.32 Å². The summed E-state index contributed by atoms with van der Waals surface area (Å²) in [7, 11) is 1.73. The molecular weight excluding hydrogens is 168 g/mol. The molecule has 0 bridgehead atoms. The normalized spacial score (nSPS) is 22.8. The van der Waals surface area contributed by atoms with E-state index in [0.29, 0.717) is 6.54 Å². The molecule has 4 heteroatoms. The second-order valence-electron chi connectivity index (χ2n) is 3.49. The van der Waals surface area contributed by atoms with Gasteiger partial charge < -0.3 is 15.3 Å². The molecule has 0 aliphatic carbocycles. The fourth-order valence-corrected chi connectivity index (χ4v) is 1.59. The van der Waals surface area contributed by atoms with Gasteiger partial charge in [0.1, 0.15) is 0 Å². The summed E-state index contributed by atoms with van der Waals surface area (Å²) >= 11 is 0. The fourth-order valence-electron chi connectivity index (χ4n) is 1.59. The van der Waals surface area contributed by atoms with Gasteiger partial charge >= 0.3 is 0 Å². The minimum atomic E-state index is -0.0229. The number of likely N-dealkylation sites (N-methyl/N-ethyl adjacent to an activating group) is 1. The van der Waals surface area contributed by atoms with Crippen LogP contribution in [0.3, 0.4) is 0 Å². The first-order valence-corrected chi connectivity index (χ1v) is 4.85. The van der Waals surface area contributed by atoms with Crippen LogP contribution in [0.15, 0.2) is 0 Å². The lowest BCUT2D eigenvalue weighted by atomic mass is 10.0. The van der Waals surface area contributed by atoms with E-state index in [4.69, 9.17) is 5.11 Å². The van der Waals surface area contributed by atoms with E-state index in [-0.39, 0.29) is 18.6 Å². The SMILES string of the molecule is CN(CCO)C(=O)[C@H]1CCCCN1. The summed E-state index contributed by atoms with van der Waals surface area (Å²) in [5, 5.41) is 11.9. The number of nitrogens with one attached hydrogen (secondary N) is 1. The number of carbonyl (C=O) groups excluding carboxylic acids is 1. The molecule has 0 unspecified atom stereocenters. The molecule has 1 aliphatic heterocycles. The first-order valence-electron chi connectivity index (χ1n) is 4.85. The van der Waals surface area contributed by atoms with E-state index in [1.54, 1.807) is 11.9 Å². The third-order valence-corrected chi connectivity index (χ3v) is 2.42. The lowest BCUT2D eigenvalue weighted by molar-refractivity contribution is -0.133. The van der Waals surface area contributed by atoms with E-state index >= 15 is 0 Å². The number of nitrogens with zero attached hydrogens (tertiary/aromatic N) is 1. The molecule has 1 fully saturated rings. The van der Waals surface area contributed by atoms with Crippen LogP contribution in [0.5, 0.6) is 0 Å². The topological polar surface area (TPSA) is 52.6 Å². The summed E-state index contributed by atoms with van der Waals surface area (Å²) in [6.45, 7) is 1.40. The van der Waals surface area contributed by atoms with Gasteiger partial charge in [0.2, 0.25) is 5.91 Å². The Morgan fingerprint density at radius 1 is 1.62 bits per heavy atom. The zero-order valence-corrected chi connectivity index (χ0v) is 8.12. The molecule has 1 heterocycles. The Morgan fingerprint density at radius 3 is 2.92 bits per heavy atom. The van der Waals surface area contributed by atoms with Crippen molar-refractivity contribution in [3.8, 4) is 0 Å². The Morgan fingerprint density at radius 2 is 2.38 bits per heavy atom. The van der Waals surface area contributed by atoms with Crippen LogP contribution in [0.4, 0.5) is 0 Å². The number of rotatable bonds is 3. The van der Waals surface area contributed by atoms with E-state index in [1.165, 1.54) is 0 Å². The first kappa shape index (κ1) is 10.5. The summed E-state index contributed by atoms with van der Waals surface area (Å²) in [6, 6.07) is -0.0229. The number of piperidine rings is 1. The van der Waals surface area contributed by atoms with Crippen LogP contribution in [-0.4, -0.2) is 48.7 Å². The smallest absolute Gasteiger partial charge is 0.239 e. The Kier molecular flexibility index (Phi) is 4.18. The van der Waals surface area contributed by atoms with E-state index in [9.17, 15) is 4.79 Å². The van der Waals surface area contributed by atoms with Crippen LogP contribution >= 0.6 is 0 Å². The van der Waals surface area contributed by atoms with Gasteiger partial charge in [-0.15, -0.1) is 0 Å². The van der Waals surface area contributed by atoms with Crippen LogP contribution in [-0.2, 0) is 4.79 Å². The maximum atomic E-state index is 11.6. The first-order chi connectivity index (χ1) is 6.25. The van der Waals surface area contributed by atoms with Crippen molar-refractivity contribution in [2.45, 2.75) is 25.3 Å². The monoisotopic (exact) mass is 186 g/mol. The highest BCUT2D eigenvalue weighted by Crippen LogP contribution is 2.08. The van der Waals surface area contributed by atoms with Crippen molar-refractivity contribution >= 4 is 5.91 Å². The molecular formula is C9H18N2O2. The van der Waals surface area contributed by atoms with Crippen molar-refractivity contribution in [1.82, 2.24) is 10.2 Å². The summed E-state index contributed by atoms with van der Waals surface area (Å²) in [6.07, 6.45) is 3.21. The molecule has 1 amide bonds. The molecule has 76 valence electrons. The Bertz CT molecular complexity index is 167. The van der Waals surface area contributed by atoms with Gasteiger partial charge in [0.25, 0.3) is 0 Å². The zero-order valence-electron chi connectivity index (χ0n) is 8.12. The maximum Gasteiger partial charge on any atom is 0.239 e. The average molecular weight is 186 g/mol. The molecule has 0 saturated carbocycles. The third-order valence-electron chi connectivity index (χ3n) is 2.42. The molecule has 0 aromatic rings. The second-order valence-corrected chi connectivity index (χ2v) is 3.49. The molecule has 0 spiro atoms. The third kappa shape index (κ3) is 2.97. The maximum absolute atomic E-state index is 11.6. The minimum Gasteiger partial charge on any atom is -0.395 e. The van der Waals surface area contributed by atoms with Crippen LogP contribution in [0.1, 0.15) is 19.3 Å². The summed E-state index contributed by atoms with van der Waals surface area (Å²) in [4.78, 5) is 13.2. The van der Waals surface area contributed by atoms with Crippen molar-refractivity contribution in [3.63, 3.8) is 0 Å². The number of hydrogen-bond donors (Lipinski definition) is 2. The quantitative estimate of drug-likeness (QED) is 0.629. The van der Waals surface area contributed by atoms with Gasteiger partial charge in [0, 0.05) is 13.6 Å². The molecule has 4 nitrogen and oxygen atoms in total. The molecule has 1 saturated heterocycles. The lowest BCUT2D eigenvalue weighted by Crippen LogP contribution is -2.47. The molecule has 0 radical (unpaired) electrons. The molecule has 13 heavy (non-hydrogen) atoms. The van der Waals surface area contributed by atoms with Gasteiger partial charge in [0.05, 0.1) is 12.6 Å². The van der Waals surface area contributed by atoms with E-state index in [1.807, 2.05) is 0 Å². The minimum absolute atomic E-state index is 0.0229. The highest BCUT2D eigenvalue weighted by molar-refractivity contribution is 5.81. The van der Waals surface area contributed by atoms with Gasteiger partial charge in [-0.1, -0.05) is 6.42 Å². The van der Waals surface area contributed by atoms with Gasteiger partial charge in [-0.05, 0) is 19.4 Å². The highest BCUT2D eigenvalue weighted by Gasteiger charge is 2.22. The largest absolute Gasteiger partial charge is 0.395 e. The van der Waals surface area contributed by atoms with Crippen molar-refractivity contribution in [3.05, 3.63) is 0 Å². The molecule has 0 aromatic heterocycles. The van der Waals surface area contributed by atoms with Crippen LogP contribution in [0.2, 0.25) is 0 Å². The Hall–Kier alpha value is -0.610. The van der Waals surface area contributed by atoms with Gasteiger partial charge in [0.15, 0.2) is 0 Å². The van der Waals surface area contributed by atoms with E-state index in [0.717, 1.165) is 25.8 Å². The average Bonchev–Trinajstić information content (AvgIpc) is 2.18. The molecule has 1 aliphatic rings. The predicted molar refractivity (Wildman–Crippen MR) is 50.4 cm³/mol. The Balaban J connectivity index is 2.36. The lowest BCUT2D eigenvalue weighted by Gasteiger charge is -2.26. The van der Waals surface area contributed by atoms with Crippen LogP contribution in [0.25, 0.3) is 0 Å². The summed E-state index contributed by atoms with van der Waals surface area (Å²) in [5.41, 5.74) is 0. The molecule has 2 N–H and O–H groups in total. The van der Waals surface area contributed by atoms with Gasteiger partial charge in [-0.25, -0.2) is 0 Å². The molecule has 0 aromatic carbocycles. The van der Waals surface area contributed by atoms with Gasteiger partial charge in [-0.3, -0.25) is 4.79 Å². The number of aliphatic hydroxyl groups excluding tert-OH is 1. The van der Waals surface area contributed by atoms with Crippen LogP contribution in [0, 0.1) is 0 Å². The number of carbonyl (C=O) groups is 1. The summed E-state index contributed by atoms with van der Waals surface area (Å²) < 4.78 is 0. The van der Waals surface area contributed by atoms with Crippen molar-refractivity contribution in [2.24, 2.45) is 0 Å². The predicted octanol–water partition coefficient (Wildman–Crippen LogP) is -0.421. The number of aliphatic hydroxyl groups is 1. The zero-order chi connectivity index (χ0) is 9.68. The van der Waals surface area contributed by atoms with Crippen molar-refractivity contribution in [1.29, 1.82) is 0 Å². The molecule has 1 atom stereocenters. The van der Waals surface area contributed by atoms with E-state index < -0.39 is 0 Å². The number of hydrogen-bond acceptors (Lipinski definition) is 3.